The van der Waals surface area contributed by atoms with Gasteiger partial charge in [-0.2, -0.15) is 5.10 Å². The van der Waals surface area contributed by atoms with Gasteiger partial charge in [-0.15, -0.1) is 0 Å². The van der Waals surface area contributed by atoms with Gasteiger partial charge in [-0.25, -0.2) is 0 Å². The number of hydrogen-bond acceptors (Lipinski definition) is 3. The van der Waals surface area contributed by atoms with Gasteiger partial charge in [0.05, 0.1) is 24.2 Å². The van der Waals surface area contributed by atoms with Crippen molar-refractivity contribution in [3.63, 3.8) is 0 Å². The minimum absolute atomic E-state index is 0.0773. The zero-order valence-electron chi connectivity index (χ0n) is 9.49. The van der Waals surface area contributed by atoms with E-state index in [0.717, 1.165) is 16.6 Å². The lowest BCUT2D eigenvalue weighted by atomic mass is 10.2. The van der Waals surface area contributed by atoms with E-state index in [-0.39, 0.29) is 18.1 Å². The van der Waals surface area contributed by atoms with Gasteiger partial charge in [0.15, 0.2) is 0 Å². The van der Waals surface area contributed by atoms with Crippen LogP contribution in [0.25, 0.3) is 10.9 Å². The van der Waals surface area contributed by atoms with E-state index in [1.165, 1.54) is 6.92 Å². The number of fused-ring (bicyclic) bond motifs is 1. The molecule has 5 nitrogen and oxygen atoms in total. The molecular weight excluding hydrogens is 218 g/mol. The van der Waals surface area contributed by atoms with Crippen molar-refractivity contribution in [1.82, 2.24) is 15.5 Å². The largest absolute Gasteiger partial charge is 0.350 e. The smallest absolute Gasteiger partial charge is 0.227 e. The molecule has 0 unspecified atom stereocenters. The summed E-state index contributed by atoms with van der Waals surface area (Å²) in [4.78, 5) is 22.1. The average Bonchev–Trinajstić information content (AvgIpc) is 2.69. The van der Waals surface area contributed by atoms with Crippen LogP contribution in [0.2, 0.25) is 0 Å². The third kappa shape index (κ3) is 2.69. The van der Waals surface area contributed by atoms with Crippen LogP contribution >= 0.6 is 0 Å². The van der Waals surface area contributed by atoms with Crippen molar-refractivity contribution in [1.29, 1.82) is 0 Å². The maximum atomic E-state index is 11.3. The maximum Gasteiger partial charge on any atom is 0.227 e. The summed E-state index contributed by atoms with van der Waals surface area (Å²) in [5.74, 6) is -0.409. The maximum absolute atomic E-state index is 11.3. The van der Waals surface area contributed by atoms with Crippen molar-refractivity contribution in [2.24, 2.45) is 0 Å². The molecule has 0 spiro atoms. The van der Waals surface area contributed by atoms with Gasteiger partial charge < -0.3 is 5.32 Å². The molecule has 1 aromatic heterocycles. The van der Waals surface area contributed by atoms with Crippen molar-refractivity contribution in [2.75, 3.05) is 0 Å². The SMILES string of the molecule is CC(=O)CC(=O)NCc1[nH]nc2ccccc12. The Balaban J connectivity index is 2.04. The lowest BCUT2D eigenvalue weighted by Crippen LogP contribution is -2.24. The van der Waals surface area contributed by atoms with Crippen molar-refractivity contribution < 1.29 is 9.59 Å². The molecule has 1 amide bonds. The number of carbonyl (C=O) groups is 2. The highest BCUT2D eigenvalue weighted by Gasteiger charge is 2.07. The fourth-order valence-electron chi connectivity index (χ4n) is 1.62. The van der Waals surface area contributed by atoms with Gasteiger partial charge >= 0.3 is 0 Å². The number of amides is 1. The summed E-state index contributed by atoms with van der Waals surface area (Å²) in [6, 6.07) is 7.65. The Morgan fingerprint density at radius 1 is 1.35 bits per heavy atom. The first-order valence-electron chi connectivity index (χ1n) is 5.35. The number of rotatable bonds is 4. The van der Waals surface area contributed by atoms with Crippen LogP contribution in [0.1, 0.15) is 19.0 Å². The van der Waals surface area contributed by atoms with E-state index in [4.69, 9.17) is 0 Å². The normalized spacial score (nSPS) is 10.4. The first-order chi connectivity index (χ1) is 8.16. The van der Waals surface area contributed by atoms with Crippen LogP contribution in [0.15, 0.2) is 24.3 Å². The van der Waals surface area contributed by atoms with Crippen molar-refractivity contribution in [2.45, 2.75) is 19.9 Å². The molecule has 1 aromatic carbocycles. The highest BCUT2D eigenvalue weighted by molar-refractivity contribution is 5.96. The molecule has 2 aromatic rings. The lowest BCUT2D eigenvalue weighted by molar-refractivity contribution is -0.127. The number of H-pyrrole nitrogens is 1. The number of ketones is 1. The summed E-state index contributed by atoms with van der Waals surface area (Å²) in [5.41, 5.74) is 1.71. The van der Waals surface area contributed by atoms with Gasteiger partial charge in [0.25, 0.3) is 0 Å². The van der Waals surface area contributed by atoms with Crippen LogP contribution in [0.5, 0.6) is 0 Å². The molecule has 0 bridgehead atoms. The van der Waals surface area contributed by atoms with E-state index in [1.54, 1.807) is 0 Å². The topological polar surface area (TPSA) is 74.8 Å². The highest BCUT2D eigenvalue weighted by Crippen LogP contribution is 2.14. The van der Waals surface area contributed by atoms with E-state index in [2.05, 4.69) is 15.5 Å². The molecule has 0 aliphatic rings. The van der Waals surface area contributed by atoms with Crippen LogP contribution in [0, 0.1) is 0 Å². The van der Waals surface area contributed by atoms with Crippen molar-refractivity contribution in [3.8, 4) is 0 Å². The van der Waals surface area contributed by atoms with Gasteiger partial charge in [-0.1, -0.05) is 18.2 Å². The molecule has 0 aliphatic heterocycles. The number of hydrogen-bond donors (Lipinski definition) is 2. The van der Waals surface area contributed by atoms with Gasteiger partial charge in [-0.3, -0.25) is 14.7 Å². The molecule has 0 radical (unpaired) electrons. The minimum Gasteiger partial charge on any atom is -0.350 e. The van der Waals surface area contributed by atoms with Crippen LogP contribution in [0.3, 0.4) is 0 Å². The Bertz CT molecular complexity index is 560. The number of Topliss-reactive ketones (excluding diaryl/α,β-unsaturated/α-hetero) is 1. The summed E-state index contributed by atoms with van der Waals surface area (Å²) in [6.45, 7) is 1.75. The Morgan fingerprint density at radius 2 is 2.12 bits per heavy atom. The van der Waals surface area contributed by atoms with Crippen LogP contribution in [-0.2, 0) is 16.1 Å². The first-order valence-corrected chi connectivity index (χ1v) is 5.35. The summed E-state index contributed by atoms with van der Waals surface area (Å²) in [7, 11) is 0. The lowest BCUT2D eigenvalue weighted by Gasteiger charge is -2.01. The zero-order chi connectivity index (χ0) is 12.3. The molecule has 88 valence electrons. The van der Waals surface area contributed by atoms with Gasteiger partial charge in [0.1, 0.15) is 5.78 Å². The third-order valence-corrected chi connectivity index (χ3v) is 2.41. The Morgan fingerprint density at radius 3 is 2.88 bits per heavy atom. The molecule has 0 saturated heterocycles. The van der Waals surface area contributed by atoms with E-state index in [9.17, 15) is 9.59 Å². The average molecular weight is 231 g/mol. The highest BCUT2D eigenvalue weighted by atomic mass is 16.2. The molecule has 5 heteroatoms. The quantitative estimate of drug-likeness (QED) is 0.775. The second kappa shape index (κ2) is 4.78. The Kier molecular flexibility index (Phi) is 3.18. The number of para-hydroxylation sites is 1. The second-order valence-electron chi connectivity index (χ2n) is 3.87. The minimum atomic E-state index is -0.267. The molecule has 1 heterocycles. The third-order valence-electron chi connectivity index (χ3n) is 2.41. The predicted octanol–water partition coefficient (Wildman–Crippen LogP) is 1.16. The molecule has 2 N–H and O–H groups in total. The Labute approximate surface area is 98.2 Å². The van der Waals surface area contributed by atoms with Gasteiger partial charge in [0, 0.05) is 5.39 Å². The molecule has 0 saturated carbocycles. The van der Waals surface area contributed by atoms with Crippen molar-refractivity contribution in [3.05, 3.63) is 30.0 Å². The number of aromatic amines is 1. The van der Waals surface area contributed by atoms with Crippen LogP contribution in [0.4, 0.5) is 0 Å². The number of nitrogens with one attached hydrogen (secondary N) is 2. The van der Waals surface area contributed by atoms with Crippen LogP contribution in [-0.4, -0.2) is 21.9 Å². The number of benzene rings is 1. The molecule has 0 aliphatic carbocycles. The molecule has 0 atom stereocenters. The predicted molar refractivity (Wildman–Crippen MR) is 63.2 cm³/mol. The molecule has 2 rings (SSSR count). The van der Waals surface area contributed by atoms with E-state index in [1.807, 2.05) is 24.3 Å². The summed E-state index contributed by atoms with van der Waals surface area (Å²) >= 11 is 0. The molecule has 0 fully saturated rings. The van der Waals surface area contributed by atoms with E-state index in [0.29, 0.717) is 6.54 Å². The van der Waals surface area contributed by atoms with Crippen LogP contribution < -0.4 is 5.32 Å². The zero-order valence-corrected chi connectivity index (χ0v) is 9.49. The summed E-state index contributed by atoms with van der Waals surface area (Å²) in [5, 5.41) is 10.6. The van der Waals surface area contributed by atoms with E-state index < -0.39 is 0 Å². The number of carbonyl (C=O) groups excluding carboxylic acids is 2. The Hall–Kier alpha value is -2.17. The molecule has 17 heavy (non-hydrogen) atoms. The standard InChI is InChI=1S/C12H13N3O2/c1-8(16)6-12(17)13-7-11-9-4-2-3-5-10(9)14-15-11/h2-5H,6-7H2,1H3,(H,13,17)(H,14,15). The summed E-state index contributed by atoms with van der Waals surface area (Å²) < 4.78 is 0. The monoisotopic (exact) mass is 231 g/mol. The fraction of sp³-hybridized carbons (Fsp3) is 0.250. The second-order valence-corrected chi connectivity index (χ2v) is 3.87. The van der Waals surface area contributed by atoms with Crippen molar-refractivity contribution >= 4 is 22.6 Å². The van der Waals surface area contributed by atoms with Gasteiger partial charge in [-0.05, 0) is 13.0 Å². The first kappa shape index (κ1) is 11.3. The van der Waals surface area contributed by atoms with Gasteiger partial charge in [0.2, 0.25) is 5.91 Å². The van der Waals surface area contributed by atoms with E-state index >= 15 is 0 Å². The number of nitrogens with zero attached hydrogens (tertiary/aromatic N) is 1. The molecular formula is C12H13N3O2. The summed E-state index contributed by atoms with van der Waals surface area (Å²) in [6.07, 6.45) is -0.0773. The fourth-order valence-corrected chi connectivity index (χ4v) is 1.62. The number of aromatic nitrogens is 2.